The summed E-state index contributed by atoms with van der Waals surface area (Å²) in [5.41, 5.74) is 3.19. The van der Waals surface area contributed by atoms with Gasteiger partial charge in [-0.15, -0.1) is 10.2 Å². The maximum Gasteiger partial charge on any atom is 0.225 e. The van der Waals surface area contributed by atoms with Crippen molar-refractivity contribution in [2.75, 3.05) is 18.0 Å². The van der Waals surface area contributed by atoms with Crippen molar-refractivity contribution in [3.05, 3.63) is 42.0 Å². The summed E-state index contributed by atoms with van der Waals surface area (Å²) in [6, 6.07) is 12.8. The predicted octanol–water partition coefficient (Wildman–Crippen LogP) is 2.95. The number of hydrogen-bond donors (Lipinski definition) is 1. The Morgan fingerprint density at radius 3 is 2.56 bits per heavy atom. The smallest absolute Gasteiger partial charge is 0.225 e. The van der Waals surface area contributed by atoms with Gasteiger partial charge in [-0.3, -0.25) is 4.79 Å². The lowest BCUT2D eigenvalue weighted by molar-refractivity contribution is -0.125. The number of nitrogens with zero attached hydrogens (tertiary/aromatic N) is 3. The molecule has 1 saturated heterocycles. The largest absolute Gasteiger partial charge is 0.354 e. The van der Waals surface area contributed by atoms with Crippen LogP contribution in [-0.2, 0) is 4.79 Å². The summed E-state index contributed by atoms with van der Waals surface area (Å²) in [5.74, 6) is 1.13. The van der Waals surface area contributed by atoms with Crippen molar-refractivity contribution in [2.45, 2.75) is 38.6 Å². The molecule has 1 N–H and O–H groups in total. The van der Waals surface area contributed by atoms with Crippen LogP contribution in [0.4, 0.5) is 5.82 Å². The first-order valence-electron chi connectivity index (χ1n) is 9.15. The van der Waals surface area contributed by atoms with Gasteiger partial charge in [0.1, 0.15) is 0 Å². The van der Waals surface area contributed by atoms with Crippen LogP contribution in [0.25, 0.3) is 11.3 Å². The van der Waals surface area contributed by atoms with E-state index in [1.165, 1.54) is 5.56 Å². The van der Waals surface area contributed by atoms with Crippen LogP contribution < -0.4 is 10.2 Å². The first-order valence-corrected chi connectivity index (χ1v) is 9.15. The zero-order chi connectivity index (χ0) is 17.2. The molecule has 2 heterocycles. The Hall–Kier alpha value is -2.43. The van der Waals surface area contributed by atoms with Gasteiger partial charge >= 0.3 is 0 Å². The minimum absolute atomic E-state index is 0.0629. The number of piperidine rings is 1. The Morgan fingerprint density at radius 2 is 1.88 bits per heavy atom. The van der Waals surface area contributed by atoms with Crippen LogP contribution in [0.5, 0.6) is 0 Å². The fourth-order valence-corrected chi connectivity index (χ4v) is 3.32. The molecule has 1 aliphatic carbocycles. The summed E-state index contributed by atoms with van der Waals surface area (Å²) >= 11 is 0. The molecule has 1 aliphatic heterocycles. The average Bonchev–Trinajstić information content (AvgIpc) is 3.47. The van der Waals surface area contributed by atoms with Crippen molar-refractivity contribution in [3.8, 4) is 11.3 Å². The van der Waals surface area contributed by atoms with Crippen LogP contribution in [0.3, 0.4) is 0 Å². The molecular formula is C20H24N4O. The monoisotopic (exact) mass is 336 g/mol. The number of nitrogens with one attached hydrogen (secondary N) is 1. The topological polar surface area (TPSA) is 58.1 Å². The van der Waals surface area contributed by atoms with Crippen LogP contribution in [0.15, 0.2) is 36.4 Å². The van der Waals surface area contributed by atoms with Crippen molar-refractivity contribution in [1.29, 1.82) is 0 Å². The van der Waals surface area contributed by atoms with E-state index in [2.05, 4.69) is 51.6 Å². The third-order valence-electron chi connectivity index (χ3n) is 5.04. The fraction of sp³-hybridized carbons (Fsp3) is 0.450. The molecule has 1 aromatic carbocycles. The van der Waals surface area contributed by atoms with E-state index in [0.29, 0.717) is 6.04 Å². The van der Waals surface area contributed by atoms with E-state index in [0.717, 1.165) is 55.8 Å². The molecule has 25 heavy (non-hydrogen) atoms. The van der Waals surface area contributed by atoms with Crippen LogP contribution in [-0.4, -0.2) is 35.2 Å². The third-order valence-corrected chi connectivity index (χ3v) is 5.04. The summed E-state index contributed by atoms with van der Waals surface area (Å²) in [6.45, 7) is 3.74. The normalized spacial score (nSPS) is 20.4. The average molecular weight is 336 g/mol. The number of amides is 1. The van der Waals surface area contributed by atoms with Crippen LogP contribution in [0.2, 0.25) is 0 Å². The van der Waals surface area contributed by atoms with E-state index < -0.39 is 0 Å². The molecule has 5 heteroatoms. The lowest BCUT2D eigenvalue weighted by atomic mass is 9.97. The number of carbonyl (C=O) groups excluding carboxylic acids is 1. The number of hydrogen-bond acceptors (Lipinski definition) is 4. The molecule has 2 aliphatic rings. The summed E-state index contributed by atoms with van der Waals surface area (Å²) in [6.07, 6.45) is 4.25. The van der Waals surface area contributed by atoms with E-state index >= 15 is 0 Å². The quantitative estimate of drug-likeness (QED) is 0.933. The van der Waals surface area contributed by atoms with Crippen molar-refractivity contribution in [2.24, 2.45) is 5.92 Å². The summed E-state index contributed by atoms with van der Waals surface area (Å²) in [7, 11) is 0. The number of rotatable bonds is 4. The number of aromatic nitrogens is 2. The number of anilines is 1. The Labute approximate surface area is 148 Å². The van der Waals surface area contributed by atoms with Crippen molar-refractivity contribution >= 4 is 11.7 Å². The zero-order valence-corrected chi connectivity index (χ0v) is 14.6. The molecule has 0 radical (unpaired) electrons. The van der Waals surface area contributed by atoms with E-state index in [9.17, 15) is 4.79 Å². The Kier molecular flexibility index (Phi) is 4.38. The van der Waals surface area contributed by atoms with E-state index in [1.807, 2.05) is 12.1 Å². The molecule has 5 nitrogen and oxygen atoms in total. The van der Waals surface area contributed by atoms with Gasteiger partial charge in [-0.2, -0.15) is 0 Å². The van der Waals surface area contributed by atoms with Gasteiger partial charge in [0.15, 0.2) is 5.82 Å². The Bertz CT molecular complexity index is 737. The minimum Gasteiger partial charge on any atom is -0.354 e. The van der Waals surface area contributed by atoms with Crippen LogP contribution >= 0.6 is 0 Å². The molecular weight excluding hydrogens is 312 g/mol. The Balaban J connectivity index is 1.43. The highest BCUT2D eigenvalue weighted by molar-refractivity contribution is 5.80. The molecule has 0 spiro atoms. The van der Waals surface area contributed by atoms with Gasteiger partial charge in [0, 0.05) is 24.7 Å². The molecule has 0 unspecified atom stereocenters. The second kappa shape index (κ2) is 6.82. The number of benzene rings is 1. The second-order valence-corrected chi connectivity index (χ2v) is 7.21. The summed E-state index contributed by atoms with van der Waals surface area (Å²) in [4.78, 5) is 14.5. The van der Waals surface area contributed by atoms with Gasteiger partial charge in [0.25, 0.3) is 0 Å². The lowest BCUT2D eigenvalue weighted by Gasteiger charge is -2.32. The SMILES string of the molecule is Cc1ccc(-c2ccc(N3CCC[C@H](C(=O)NC4CC4)C3)nn2)cc1. The maximum absolute atomic E-state index is 12.3. The highest BCUT2D eigenvalue weighted by atomic mass is 16.2. The summed E-state index contributed by atoms with van der Waals surface area (Å²) < 4.78 is 0. The third kappa shape index (κ3) is 3.81. The minimum atomic E-state index is 0.0629. The van der Waals surface area contributed by atoms with Gasteiger partial charge in [-0.1, -0.05) is 29.8 Å². The van der Waals surface area contributed by atoms with Gasteiger partial charge in [-0.25, -0.2) is 0 Å². The molecule has 1 saturated carbocycles. The van der Waals surface area contributed by atoms with E-state index in [1.54, 1.807) is 0 Å². The van der Waals surface area contributed by atoms with E-state index in [4.69, 9.17) is 0 Å². The van der Waals surface area contributed by atoms with Crippen LogP contribution in [0.1, 0.15) is 31.2 Å². The first-order chi connectivity index (χ1) is 12.2. The van der Waals surface area contributed by atoms with E-state index in [-0.39, 0.29) is 11.8 Å². The maximum atomic E-state index is 12.3. The van der Waals surface area contributed by atoms with Crippen molar-refractivity contribution < 1.29 is 4.79 Å². The van der Waals surface area contributed by atoms with Crippen molar-refractivity contribution in [1.82, 2.24) is 15.5 Å². The number of carbonyl (C=O) groups is 1. The zero-order valence-electron chi connectivity index (χ0n) is 14.6. The van der Waals surface area contributed by atoms with Crippen molar-refractivity contribution in [3.63, 3.8) is 0 Å². The predicted molar refractivity (Wildman–Crippen MR) is 98.3 cm³/mol. The first kappa shape index (κ1) is 16.1. The van der Waals surface area contributed by atoms with Gasteiger partial charge in [0.05, 0.1) is 11.6 Å². The molecule has 2 aromatic rings. The Morgan fingerprint density at radius 1 is 1.08 bits per heavy atom. The molecule has 0 bridgehead atoms. The highest BCUT2D eigenvalue weighted by Gasteiger charge is 2.30. The molecule has 2 fully saturated rings. The van der Waals surface area contributed by atoms with Crippen LogP contribution in [0, 0.1) is 12.8 Å². The molecule has 1 amide bonds. The lowest BCUT2D eigenvalue weighted by Crippen LogP contribution is -2.44. The number of aryl methyl sites for hydroxylation is 1. The van der Waals surface area contributed by atoms with Gasteiger partial charge < -0.3 is 10.2 Å². The molecule has 130 valence electrons. The van der Waals surface area contributed by atoms with Gasteiger partial charge in [-0.05, 0) is 44.7 Å². The second-order valence-electron chi connectivity index (χ2n) is 7.21. The van der Waals surface area contributed by atoms with Gasteiger partial charge in [0.2, 0.25) is 5.91 Å². The standard InChI is InChI=1S/C20H24N4O/c1-14-4-6-15(7-5-14)18-10-11-19(23-22-18)24-12-2-3-16(13-24)20(25)21-17-8-9-17/h4-7,10-11,16-17H,2-3,8-9,12-13H2,1H3,(H,21,25)/t16-/m0/s1. The molecule has 1 atom stereocenters. The highest BCUT2D eigenvalue weighted by Crippen LogP contribution is 2.25. The molecule has 4 rings (SSSR count). The molecule has 1 aromatic heterocycles. The summed E-state index contributed by atoms with van der Waals surface area (Å²) in [5, 5.41) is 11.9. The fourth-order valence-electron chi connectivity index (χ4n) is 3.32.